The van der Waals surface area contributed by atoms with E-state index in [4.69, 9.17) is 9.47 Å². The summed E-state index contributed by atoms with van der Waals surface area (Å²) in [5.74, 6) is 2.79. The van der Waals surface area contributed by atoms with E-state index >= 15 is 0 Å². The van der Waals surface area contributed by atoms with Gasteiger partial charge in [0.25, 0.3) is 0 Å². The van der Waals surface area contributed by atoms with Gasteiger partial charge in [0.2, 0.25) is 0 Å². The minimum absolute atomic E-state index is 0.0292. The van der Waals surface area contributed by atoms with E-state index < -0.39 is 0 Å². The van der Waals surface area contributed by atoms with Crippen LogP contribution >= 0.6 is 0 Å². The number of hydrogen-bond donors (Lipinski definition) is 0. The van der Waals surface area contributed by atoms with E-state index in [0.29, 0.717) is 59.7 Å². The number of fused-ring (bicyclic) bond motifs is 5. The van der Waals surface area contributed by atoms with Crippen molar-refractivity contribution in [2.45, 2.75) is 91.1 Å². The summed E-state index contributed by atoms with van der Waals surface area (Å²) in [7, 11) is 1.45. The van der Waals surface area contributed by atoms with Gasteiger partial charge in [0.05, 0.1) is 12.7 Å². The van der Waals surface area contributed by atoms with E-state index in [1.165, 1.54) is 20.0 Å². The molecule has 0 spiro atoms. The number of Topliss-reactive ketones (excluding diaryl/α,β-unsaturated/α-hetero) is 1. The number of benzene rings is 1. The van der Waals surface area contributed by atoms with Crippen molar-refractivity contribution in [3.8, 4) is 0 Å². The number of carbonyl (C=O) groups is 3. The molecule has 0 aromatic heterocycles. The first-order chi connectivity index (χ1) is 17.7. The van der Waals surface area contributed by atoms with Crippen molar-refractivity contribution in [3.05, 3.63) is 35.9 Å². The summed E-state index contributed by atoms with van der Waals surface area (Å²) in [6, 6.07) is 9.29. The standard InChI is InChI=1S/C32H44O5/c1-20(10-15-29(34)36-4)25-13-14-26-24-12-11-22-18-23(37-30(35)21-8-6-5-7-9-21)16-17-31(22,2)27(24)19-28(33)32(25,26)3/h5-9,20,22-27H,10-19H2,1-4H3/t20-,22-,23+,24-,25+,26-,27-,31-,32+/m0/s1. The van der Waals surface area contributed by atoms with Crippen molar-refractivity contribution >= 4 is 17.7 Å². The maximum atomic E-state index is 14.0. The fraction of sp³-hybridized carbons (Fsp3) is 0.719. The number of methoxy groups -OCH3 is 1. The van der Waals surface area contributed by atoms with E-state index in [1.54, 1.807) is 0 Å². The molecule has 0 aliphatic heterocycles. The van der Waals surface area contributed by atoms with Gasteiger partial charge in [-0.3, -0.25) is 9.59 Å². The summed E-state index contributed by atoms with van der Waals surface area (Å²) >= 11 is 0. The van der Waals surface area contributed by atoms with Gasteiger partial charge >= 0.3 is 11.9 Å². The van der Waals surface area contributed by atoms with Crippen LogP contribution in [-0.4, -0.2) is 30.9 Å². The Morgan fingerprint density at radius 3 is 2.51 bits per heavy atom. The molecule has 0 bridgehead atoms. The number of ether oxygens (including phenoxy) is 2. The number of hydrogen-bond acceptors (Lipinski definition) is 5. The zero-order valence-corrected chi connectivity index (χ0v) is 23.0. The highest BCUT2D eigenvalue weighted by Gasteiger charge is 2.64. The van der Waals surface area contributed by atoms with Crippen LogP contribution in [0.1, 0.15) is 95.3 Å². The van der Waals surface area contributed by atoms with Crippen LogP contribution < -0.4 is 0 Å². The lowest BCUT2D eigenvalue weighted by atomic mass is 9.44. The van der Waals surface area contributed by atoms with Crippen LogP contribution in [0.4, 0.5) is 0 Å². The van der Waals surface area contributed by atoms with Gasteiger partial charge < -0.3 is 9.47 Å². The number of carbonyl (C=O) groups excluding carboxylic acids is 3. The molecule has 0 saturated heterocycles. The van der Waals surface area contributed by atoms with Gasteiger partial charge in [0, 0.05) is 18.3 Å². The molecule has 0 heterocycles. The van der Waals surface area contributed by atoms with E-state index in [0.717, 1.165) is 38.5 Å². The number of ketones is 1. The fourth-order valence-corrected chi connectivity index (χ4v) is 9.42. The molecule has 202 valence electrons. The van der Waals surface area contributed by atoms with Gasteiger partial charge in [-0.05, 0) is 104 Å². The summed E-state index contributed by atoms with van der Waals surface area (Å²) in [6.45, 7) is 6.93. The third-order valence-electron chi connectivity index (χ3n) is 11.6. The Morgan fingerprint density at radius 1 is 1.03 bits per heavy atom. The van der Waals surface area contributed by atoms with Gasteiger partial charge in [-0.1, -0.05) is 39.0 Å². The van der Waals surface area contributed by atoms with E-state index in [-0.39, 0.29) is 28.9 Å². The summed E-state index contributed by atoms with van der Waals surface area (Å²) in [5.41, 5.74) is 0.500. The minimum Gasteiger partial charge on any atom is -0.469 e. The monoisotopic (exact) mass is 508 g/mol. The summed E-state index contributed by atoms with van der Waals surface area (Å²) in [5, 5.41) is 0. The molecular weight excluding hydrogens is 464 g/mol. The van der Waals surface area contributed by atoms with Crippen molar-refractivity contribution in [2.75, 3.05) is 7.11 Å². The maximum absolute atomic E-state index is 14.0. The predicted octanol–water partition coefficient (Wildman–Crippen LogP) is 6.64. The van der Waals surface area contributed by atoms with E-state index in [1.807, 2.05) is 30.3 Å². The predicted molar refractivity (Wildman–Crippen MR) is 142 cm³/mol. The highest BCUT2D eigenvalue weighted by molar-refractivity contribution is 5.89. The van der Waals surface area contributed by atoms with Crippen molar-refractivity contribution in [3.63, 3.8) is 0 Å². The molecule has 9 atom stereocenters. The highest BCUT2D eigenvalue weighted by atomic mass is 16.5. The van der Waals surface area contributed by atoms with Gasteiger partial charge in [0.1, 0.15) is 11.9 Å². The van der Waals surface area contributed by atoms with Crippen molar-refractivity contribution in [2.24, 2.45) is 46.3 Å². The van der Waals surface area contributed by atoms with Crippen molar-refractivity contribution in [1.82, 2.24) is 0 Å². The van der Waals surface area contributed by atoms with Gasteiger partial charge in [-0.25, -0.2) is 4.79 Å². The average Bonchev–Trinajstić information content (AvgIpc) is 3.27. The molecule has 1 aromatic carbocycles. The Bertz CT molecular complexity index is 1020. The van der Waals surface area contributed by atoms with E-state index in [9.17, 15) is 14.4 Å². The Kier molecular flexibility index (Phi) is 7.28. The Labute approximate surface area is 222 Å². The van der Waals surface area contributed by atoms with Crippen LogP contribution in [0.3, 0.4) is 0 Å². The average molecular weight is 509 g/mol. The maximum Gasteiger partial charge on any atom is 0.338 e. The number of esters is 2. The van der Waals surface area contributed by atoms with Crippen LogP contribution in [0.2, 0.25) is 0 Å². The lowest BCUT2D eigenvalue weighted by molar-refractivity contribution is -0.160. The molecular formula is C32H44O5. The summed E-state index contributed by atoms with van der Waals surface area (Å²) in [4.78, 5) is 38.4. The lowest BCUT2D eigenvalue weighted by Crippen LogP contribution is -2.57. The first-order valence-corrected chi connectivity index (χ1v) is 14.5. The highest BCUT2D eigenvalue weighted by Crippen LogP contribution is 2.67. The van der Waals surface area contributed by atoms with Crippen LogP contribution in [-0.2, 0) is 19.1 Å². The molecule has 37 heavy (non-hydrogen) atoms. The molecule has 5 heteroatoms. The van der Waals surface area contributed by atoms with Crippen LogP contribution in [0, 0.1) is 46.3 Å². The third kappa shape index (κ3) is 4.55. The second kappa shape index (κ2) is 10.2. The zero-order valence-electron chi connectivity index (χ0n) is 23.0. The summed E-state index contributed by atoms with van der Waals surface area (Å²) < 4.78 is 10.8. The van der Waals surface area contributed by atoms with Crippen LogP contribution in [0.25, 0.3) is 0 Å². The molecule has 1 aromatic rings. The molecule has 4 saturated carbocycles. The molecule has 4 fully saturated rings. The van der Waals surface area contributed by atoms with E-state index in [2.05, 4.69) is 20.8 Å². The Balaban J connectivity index is 1.27. The Hall–Kier alpha value is -2.17. The lowest BCUT2D eigenvalue weighted by Gasteiger charge is -2.60. The summed E-state index contributed by atoms with van der Waals surface area (Å²) in [6.07, 6.45) is 9.31. The van der Waals surface area contributed by atoms with Gasteiger partial charge in [-0.2, -0.15) is 0 Å². The topological polar surface area (TPSA) is 69.7 Å². The van der Waals surface area contributed by atoms with Crippen LogP contribution in [0.5, 0.6) is 0 Å². The molecule has 0 unspecified atom stereocenters. The second-order valence-corrected chi connectivity index (χ2v) is 13.0. The Morgan fingerprint density at radius 2 is 1.78 bits per heavy atom. The molecule has 0 N–H and O–H groups in total. The van der Waals surface area contributed by atoms with Crippen LogP contribution in [0.15, 0.2) is 30.3 Å². The molecule has 0 radical (unpaired) electrons. The first kappa shape index (κ1) is 26.4. The molecule has 4 aliphatic carbocycles. The molecule has 4 aliphatic rings. The number of rotatable bonds is 6. The molecule has 5 nitrogen and oxygen atoms in total. The smallest absolute Gasteiger partial charge is 0.338 e. The first-order valence-electron chi connectivity index (χ1n) is 14.5. The SMILES string of the molecule is COC(=O)CC[C@H](C)[C@H]1CC[C@H]2[C@@H]3CC[C@H]4C[C@H](OC(=O)c5ccccc5)CC[C@]4(C)[C@H]3CC(=O)[C@]12C. The third-order valence-corrected chi connectivity index (χ3v) is 11.6. The molecule has 5 rings (SSSR count). The van der Waals surface area contributed by atoms with Gasteiger partial charge in [0.15, 0.2) is 0 Å². The quantitative estimate of drug-likeness (QED) is 0.403. The fourth-order valence-electron chi connectivity index (χ4n) is 9.42. The largest absolute Gasteiger partial charge is 0.469 e. The normalized spacial score (nSPS) is 39.6. The minimum atomic E-state index is -0.262. The second-order valence-electron chi connectivity index (χ2n) is 13.0. The van der Waals surface area contributed by atoms with Crippen molar-refractivity contribution < 1.29 is 23.9 Å². The molecule has 0 amide bonds. The zero-order chi connectivity index (χ0) is 26.4. The van der Waals surface area contributed by atoms with Crippen molar-refractivity contribution in [1.29, 1.82) is 0 Å². The van der Waals surface area contributed by atoms with Gasteiger partial charge in [-0.15, -0.1) is 0 Å².